The normalized spacial score (nSPS) is 14.9. The van der Waals surface area contributed by atoms with Gasteiger partial charge in [0.05, 0.1) is 4.90 Å². The van der Waals surface area contributed by atoms with Crippen LogP contribution in [0.2, 0.25) is 0 Å². The van der Waals surface area contributed by atoms with E-state index in [1.807, 2.05) is 30.3 Å². The average molecular weight is 414 g/mol. The highest BCUT2D eigenvalue weighted by Gasteiger charge is 2.27. The summed E-state index contributed by atoms with van der Waals surface area (Å²) in [6, 6.07) is 15.9. The first-order chi connectivity index (χ1) is 13.5. The molecule has 1 amide bonds. The quantitative estimate of drug-likeness (QED) is 0.689. The first-order valence-corrected chi connectivity index (χ1v) is 11.3. The van der Waals surface area contributed by atoms with Crippen molar-refractivity contribution >= 4 is 33.0 Å². The fourth-order valence-corrected chi connectivity index (χ4v) is 5.40. The molecule has 2 heterocycles. The van der Waals surface area contributed by atoms with E-state index in [4.69, 9.17) is 0 Å². The van der Waals surface area contributed by atoms with Crippen LogP contribution in [0.15, 0.2) is 64.9 Å². The first-order valence-electron chi connectivity index (χ1n) is 8.96. The molecule has 1 aliphatic rings. The number of hydrogen-bond donors (Lipinski definition) is 1. The van der Waals surface area contributed by atoms with E-state index >= 15 is 0 Å². The van der Waals surface area contributed by atoms with Crippen LogP contribution in [-0.2, 0) is 10.0 Å². The van der Waals surface area contributed by atoms with Gasteiger partial charge in [0.25, 0.3) is 5.91 Å². The maximum atomic E-state index is 12.6. The highest BCUT2D eigenvalue weighted by molar-refractivity contribution is 7.89. The molecule has 0 bridgehead atoms. The summed E-state index contributed by atoms with van der Waals surface area (Å²) in [6.07, 6.45) is 1.79. The number of rotatable bonds is 5. The molecule has 1 saturated heterocycles. The molecule has 0 atom stereocenters. The third-order valence-corrected chi connectivity index (χ3v) is 7.38. The van der Waals surface area contributed by atoms with Gasteiger partial charge in [-0.2, -0.15) is 4.31 Å². The molecule has 1 fully saturated rings. The number of anilines is 1. The lowest BCUT2D eigenvalue weighted by Gasteiger charge is -2.15. The molecule has 28 heavy (non-hydrogen) atoms. The Labute approximate surface area is 167 Å². The number of nitrogens with zero attached hydrogens (tertiary/aromatic N) is 2. The molecule has 0 aliphatic carbocycles. The van der Waals surface area contributed by atoms with E-state index in [1.165, 1.54) is 27.8 Å². The van der Waals surface area contributed by atoms with Crippen molar-refractivity contribution in [2.24, 2.45) is 0 Å². The molecule has 0 radical (unpaired) electrons. The predicted octanol–water partition coefficient (Wildman–Crippen LogP) is 3.85. The molecule has 144 valence electrons. The Morgan fingerprint density at radius 1 is 1.00 bits per heavy atom. The van der Waals surface area contributed by atoms with E-state index in [0.29, 0.717) is 24.5 Å². The summed E-state index contributed by atoms with van der Waals surface area (Å²) in [5.41, 5.74) is 1.82. The van der Waals surface area contributed by atoms with Crippen LogP contribution < -0.4 is 5.32 Å². The van der Waals surface area contributed by atoms with Crippen molar-refractivity contribution in [2.45, 2.75) is 17.7 Å². The molecule has 4 rings (SSSR count). The highest BCUT2D eigenvalue weighted by Crippen LogP contribution is 2.25. The standard InChI is InChI=1S/C20H19N3O3S2/c24-19(18-14-27-20(22-18)15-6-2-1-3-7-15)21-16-8-10-17(11-9-16)28(25,26)23-12-4-5-13-23/h1-3,6-11,14H,4-5,12-13H2,(H,21,24). The third-order valence-electron chi connectivity index (χ3n) is 4.57. The molecule has 0 saturated carbocycles. The molecule has 1 aromatic heterocycles. The zero-order valence-electron chi connectivity index (χ0n) is 15.0. The van der Waals surface area contributed by atoms with E-state index < -0.39 is 10.0 Å². The lowest BCUT2D eigenvalue weighted by atomic mass is 10.2. The monoisotopic (exact) mass is 413 g/mol. The van der Waals surface area contributed by atoms with Gasteiger partial charge in [0.1, 0.15) is 10.7 Å². The van der Waals surface area contributed by atoms with Gasteiger partial charge in [-0.15, -0.1) is 11.3 Å². The average Bonchev–Trinajstić information content (AvgIpc) is 3.42. The van der Waals surface area contributed by atoms with Gasteiger partial charge in [0, 0.05) is 29.7 Å². The van der Waals surface area contributed by atoms with Crippen molar-refractivity contribution in [1.82, 2.24) is 9.29 Å². The Bertz CT molecular complexity index is 1070. The summed E-state index contributed by atoms with van der Waals surface area (Å²) in [5.74, 6) is -0.325. The van der Waals surface area contributed by atoms with Gasteiger partial charge >= 0.3 is 0 Å². The van der Waals surface area contributed by atoms with Crippen LogP contribution in [0.25, 0.3) is 10.6 Å². The third kappa shape index (κ3) is 3.84. The largest absolute Gasteiger partial charge is 0.321 e. The summed E-state index contributed by atoms with van der Waals surface area (Å²) in [6.45, 7) is 1.13. The highest BCUT2D eigenvalue weighted by atomic mass is 32.2. The predicted molar refractivity (Wildman–Crippen MR) is 110 cm³/mol. The second kappa shape index (κ2) is 7.83. The van der Waals surface area contributed by atoms with Crippen molar-refractivity contribution in [3.05, 3.63) is 65.7 Å². The van der Waals surface area contributed by atoms with Gasteiger partial charge in [-0.1, -0.05) is 30.3 Å². The van der Waals surface area contributed by atoms with Crippen molar-refractivity contribution in [1.29, 1.82) is 0 Å². The van der Waals surface area contributed by atoms with Crippen LogP contribution in [0, 0.1) is 0 Å². The first kappa shape index (κ1) is 18.8. The van der Waals surface area contributed by atoms with Crippen LogP contribution in [0.4, 0.5) is 5.69 Å². The number of thiazole rings is 1. The minimum atomic E-state index is -3.45. The Morgan fingerprint density at radius 3 is 2.36 bits per heavy atom. The molecule has 8 heteroatoms. The zero-order chi connectivity index (χ0) is 19.6. The second-order valence-electron chi connectivity index (χ2n) is 6.49. The number of amides is 1. The molecular weight excluding hydrogens is 394 g/mol. The van der Waals surface area contributed by atoms with Gasteiger partial charge in [0.15, 0.2) is 0 Å². The number of benzene rings is 2. The van der Waals surface area contributed by atoms with Crippen LogP contribution in [0.3, 0.4) is 0 Å². The summed E-state index contributed by atoms with van der Waals surface area (Å²) in [7, 11) is -3.45. The number of carbonyl (C=O) groups is 1. The lowest BCUT2D eigenvalue weighted by molar-refractivity contribution is 0.102. The van der Waals surface area contributed by atoms with E-state index in [1.54, 1.807) is 17.5 Å². The fraction of sp³-hybridized carbons (Fsp3) is 0.200. The van der Waals surface area contributed by atoms with Crippen LogP contribution in [0.1, 0.15) is 23.3 Å². The minimum absolute atomic E-state index is 0.243. The smallest absolute Gasteiger partial charge is 0.275 e. The minimum Gasteiger partial charge on any atom is -0.321 e. The van der Waals surface area contributed by atoms with E-state index in [2.05, 4.69) is 10.3 Å². The fourth-order valence-electron chi connectivity index (χ4n) is 3.07. The van der Waals surface area contributed by atoms with Crippen LogP contribution in [0.5, 0.6) is 0 Å². The topological polar surface area (TPSA) is 79.4 Å². The van der Waals surface area contributed by atoms with E-state index in [0.717, 1.165) is 23.4 Å². The molecule has 1 N–H and O–H groups in total. The van der Waals surface area contributed by atoms with Crippen LogP contribution in [-0.4, -0.2) is 36.7 Å². The molecular formula is C20H19N3O3S2. The maximum Gasteiger partial charge on any atom is 0.275 e. The second-order valence-corrected chi connectivity index (χ2v) is 9.29. The molecule has 0 unspecified atom stereocenters. The summed E-state index contributed by atoms with van der Waals surface area (Å²) in [4.78, 5) is 17.1. The summed E-state index contributed by atoms with van der Waals surface area (Å²) < 4.78 is 26.6. The molecule has 6 nitrogen and oxygen atoms in total. The maximum absolute atomic E-state index is 12.6. The number of sulfonamides is 1. The Balaban J connectivity index is 1.46. The van der Waals surface area contributed by atoms with Gasteiger partial charge in [-0.05, 0) is 37.1 Å². The van der Waals surface area contributed by atoms with Gasteiger partial charge in [-0.25, -0.2) is 13.4 Å². The summed E-state index contributed by atoms with van der Waals surface area (Å²) in [5, 5.41) is 5.26. The van der Waals surface area contributed by atoms with Gasteiger partial charge in [-0.3, -0.25) is 4.79 Å². The molecule has 2 aromatic carbocycles. The number of hydrogen-bond acceptors (Lipinski definition) is 5. The molecule has 1 aliphatic heterocycles. The molecule has 3 aromatic rings. The zero-order valence-corrected chi connectivity index (χ0v) is 16.7. The Morgan fingerprint density at radius 2 is 1.68 bits per heavy atom. The van der Waals surface area contributed by atoms with Crippen molar-refractivity contribution in [3.63, 3.8) is 0 Å². The van der Waals surface area contributed by atoms with Crippen molar-refractivity contribution in [2.75, 3.05) is 18.4 Å². The van der Waals surface area contributed by atoms with Crippen molar-refractivity contribution in [3.8, 4) is 10.6 Å². The van der Waals surface area contributed by atoms with E-state index in [9.17, 15) is 13.2 Å². The number of carbonyl (C=O) groups excluding carboxylic acids is 1. The van der Waals surface area contributed by atoms with Gasteiger partial charge in [0.2, 0.25) is 10.0 Å². The van der Waals surface area contributed by atoms with Gasteiger partial charge < -0.3 is 5.32 Å². The van der Waals surface area contributed by atoms with Crippen molar-refractivity contribution < 1.29 is 13.2 Å². The van der Waals surface area contributed by atoms with Crippen LogP contribution >= 0.6 is 11.3 Å². The lowest BCUT2D eigenvalue weighted by Crippen LogP contribution is -2.27. The SMILES string of the molecule is O=C(Nc1ccc(S(=O)(=O)N2CCCC2)cc1)c1csc(-c2ccccc2)n1. The molecule has 0 spiro atoms. The number of aromatic nitrogens is 1. The van der Waals surface area contributed by atoms with E-state index in [-0.39, 0.29) is 10.8 Å². The Hall–Kier alpha value is -2.55. The summed E-state index contributed by atoms with van der Waals surface area (Å²) >= 11 is 1.40. The number of nitrogens with one attached hydrogen (secondary N) is 1. The Kier molecular flexibility index (Phi) is 5.25.